The molecule has 1 aromatic heterocycles. The van der Waals surface area contributed by atoms with E-state index in [-0.39, 0.29) is 24.5 Å². The first-order valence-electron chi connectivity index (χ1n) is 10.7. The van der Waals surface area contributed by atoms with Gasteiger partial charge in [0.25, 0.3) is 0 Å². The monoisotopic (exact) mass is 419 g/mol. The number of ether oxygens (including phenoxy) is 3. The Bertz CT molecular complexity index is 1170. The first-order valence-corrected chi connectivity index (χ1v) is 10.7. The lowest BCUT2D eigenvalue weighted by atomic mass is 9.87. The maximum atomic E-state index is 13.3. The predicted molar refractivity (Wildman–Crippen MR) is 116 cm³/mol. The van der Waals surface area contributed by atoms with Crippen LogP contribution in [0.3, 0.4) is 0 Å². The van der Waals surface area contributed by atoms with E-state index in [4.69, 9.17) is 14.2 Å². The number of aromatic nitrogens is 1. The van der Waals surface area contributed by atoms with E-state index in [2.05, 4.69) is 4.98 Å². The van der Waals surface area contributed by atoms with Gasteiger partial charge < -0.3 is 19.2 Å². The van der Waals surface area contributed by atoms with Gasteiger partial charge >= 0.3 is 5.97 Å². The summed E-state index contributed by atoms with van der Waals surface area (Å²) in [4.78, 5) is 28.6. The Labute approximate surface area is 180 Å². The molecular weight excluding hydrogens is 394 g/mol. The van der Waals surface area contributed by atoms with Gasteiger partial charge in [0.1, 0.15) is 5.78 Å². The molecule has 1 saturated carbocycles. The molecule has 0 saturated heterocycles. The number of carbonyl (C=O) groups excluding carboxylic acids is 2. The number of aromatic amines is 1. The van der Waals surface area contributed by atoms with Crippen LogP contribution in [0.25, 0.3) is 10.9 Å². The fourth-order valence-corrected chi connectivity index (χ4v) is 4.34. The van der Waals surface area contributed by atoms with Crippen molar-refractivity contribution in [3.05, 3.63) is 59.3 Å². The van der Waals surface area contributed by atoms with E-state index < -0.39 is 5.41 Å². The molecule has 0 bridgehead atoms. The minimum absolute atomic E-state index is 0.223. The molecule has 1 aliphatic carbocycles. The lowest BCUT2D eigenvalue weighted by Gasteiger charge is -2.15. The van der Waals surface area contributed by atoms with Crippen LogP contribution in [0.4, 0.5) is 0 Å². The summed E-state index contributed by atoms with van der Waals surface area (Å²) >= 11 is 0. The Kier molecular flexibility index (Phi) is 4.73. The number of benzene rings is 2. The number of rotatable bonds is 7. The Balaban J connectivity index is 1.35. The van der Waals surface area contributed by atoms with E-state index in [0.717, 1.165) is 46.3 Å². The van der Waals surface area contributed by atoms with Crippen LogP contribution in [-0.2, 0) is 26.2 Å². The van der Waals surface area contributed by atoms with Gasteiger partial charge in [-0.15, -0.1) is 0 Å². The first-order chi connectivity index (χ1) is 15.0. The number of fused-ring (bicyclic) bond motifs is 2. The molecule has 1 fully saturated rings. The summed E-state index contributed by atoms with van der Waals surface area (Å²) in [5.74, 6) is 1.06. The predicted octanol–water partition coefficient (Wildman–Crippen LogP) is 4.41. The van der Waals surface area contributed by atoms with E-state index in [1.165, 1.54) is 0 Å². The molecular formula is C25H25NO5. The van der Waals surface area contributed by atoms with Gasteiger partial charge in [-0.3, -0.25) is 9.59 Å². The zero-order chi connectivity index (χ0) is 21.6. The summed E-state index contributed by atoms with van der Waals surface area (Å²) in [5, 5.41) is 0.990. The quantitative estimate of drug-likeness (QED) is 0.574. The van der Waals surface area contributed by atoms with E-state index in [1.54, 1.807) is 6.92 Å². The second kappa shape index (κ2) is 7.45. The van der Waals surface area contributed by atoms with Crippen LogP contribution in [0.5, 0.6) is 11.5 Å². The van der Waals surface area contributed by atoms with Crippen LogP contribution in [0.2, 0.25) is 0 Å². The number of hydrogen-bond acceptors (Lipinski definition) is 5. The molecule has 0 radical (unpaired) electrons. The lowest BCUT2D eigenvalue weighted by Crippen LogP contribution is -2.22. The van der Waals surface area contributed by atoms with Crippen molar-refractivity contribution in [3.8, 4) is 11.5 Å². The zero-order valence-corrected chi connectivity index (χ0v) is 17.7. The highest BCUT2D eigenvalue weighted by atomic mass is 16.7. The number of H-pyrrole nitrogens is 1. The number of carbonyl (C=O) groups is 2. The van der Waals surface area contributed by atoms with Crippen molar-refractivity contribution >= 4 is 22.7 Å². The fraction of sp³-hybridized carbons (Fsp3) is 0.360. The summed E-state index contributed by atoms with van der Waals surface area (Å²) in [5.41, 5.74) is 3.32. The van der Waals surface area contributed by atoms with E-state index in [1.807, 2.05) is 49.4 Å². The molecule has 1 N–H and O–H groups in total. The van der Waals surface area contributed by atoms with Gasteiger partial charge in [-0.2, -0.15) is 0 Å². The van der Waals surface area contributed by atoms with E-state index >= 15 is 0 Å². The summed E-state index contributed by atoms with van der Waals surface area (Å²) < 4.78 is 16.0. The van der Waals surface area contributed by atoms with Crippen molar-refractivity contribution in [1.82, 2.24) is 4.98 Å². The van der Waals surface area contributed by atoms with Crippen LogP contribution in [-0.4, -0.2) is 30.1 Å². The number of ketones is 1. The standard InChI is InChI=1S/C25H25NO5/c1-3-29-24(28)15(2)20-12-17-10-16(4-6-19(17)26-20)11-23(27)25(8-9-25)18-5-7-21-22(13-18)31-14-30-21/h4-7,10,12-13,15,26H,3,8-9,11,14H2,1-2H3. The third-order valence-electron chi connectivity index (χ3n) is 6.39. The molecule has 1 unspecified atom stereocenters. The average Bonchev–Trinajstić information content (AvgIpc) is 3.26. The summed E-state index contributed by atoms with van der Waals surface area (Å²) in [6.45, 7) is 4.22. The molecule has 0 spiro atoms. The largest absolute Gasteiger partial charge is 0.465 e. The molecule has 5 rings (SSSR count). The van der Waals surface area contributed by atoms with Crippen molar-refractivity contribution in [2.24, 2.45) is 0 Å². The van der Waals surface area contributed by atoms with Crippen molar-refractivity contribution < 1.29 is 23.8 Å². The molecule has 6 nitrogen and oxygen atoms in total. The third kappa shape index (κ3) is 3.46. The van der Waals surface area contributed by atoms with Gasteiger partial charge in [0.2, 0.25) is 6.79 Å². The second-order valence-corrected chi connectivity index (χ2v) is 8.37. The molecule has 1 aliphatic heterocycles. The molecule has 31 heavy (non-hydrogen) atoms. The minimum atomic E-state index is -0.419. The Morgan fingerprint density at radius 3 is 2.68 bits per heavy atom. The normalized spacial score (nSPS) is 16.8. The van der Waals surface area contributed by atoms with Gasteiger partial charge in [-0.1, -0.05) is 12.1 Å². The SMILES string of the molecule is CCOC(=O)C(C)c1cc2cc(CC(=O)C3(c4ccc5c(c4)OCO5)CC3)ccc2[nH]1. The molecule has 0 amide bonds. The number of nitrogens with one attached hydrogen (secondary N) is 1. The van der Waals surface area contributed by atoms with Crippen molar-refractivity contribution in [2.45, 2.75) is 44.4 Å². The van der Waals surface area contributed by atoms with Crippen molar-refractivity contribution in [2.75, 3.05) is 13.4 Å². The fourth-order valence-electron chi connectivity index (χ4n) is 4.34. The molecule has 1 atom stereocenters. The summed E-state index contributed by atoms with van der Waals surface area (Å²) in [6, 6.07) is 13.8. The number of hydrogen-bond donors (Lipinski definition) is 1. The molecule has 2 aliphatic rings. The van der Waals surface area contributed by atoms with Crippen LogP contribution in [0.15, 0.2) is 42.5 Å². The van der Waals surface area contributed by atoms with Crippen molar-refractivity contribution in [3.63, 3.8) is 0 Å². The summed E-state index contributed by atoms with van der Waals surface area (Å²) in [7, 11) is 0. The Morgan fingerprint density at radius 1 is 1.10 bits per heavy atom. The Morgan fingerprint density at radius 2 is 1.90 bits per heavy atom. The zero-order valence-electron chi connectivity index (χ0n) is 17.7. The van der Waals surface area contributed by atoms with Gasteiger partial charge in [0, 0.05) is 17.6 Å². The minimum Gasteiger partial charge on any atom is -0.465 e. The van der Waals surface area contributed by atoms with Gasteiger partial charge in [-0.05, 0) is 73.5 Å². The highest BCUT2D eigenvalue weighted by molar-refractivity contribution is 5.95. The molecule has 2 aromatic carbocycles. The highest BCUT2D eigenvalue weighted by Crippen LogP contribution is 2.51. The third-order valence-corrected chi connectivity index (χ3v) is 6.39. The van der Waals surface area contributed by atoms with Crippen LogP contribution in [0.1, 0.15) is 49.4 Å². The molecule has 3 aromatic rings. The van der Waals surface area contributed by atoms with E-state index in [0.29, 0.717) is 18.8 Å². The second-order valence-electron chi connectivity index (χ2n) is 8.37. The topological polar surface area (TPSA) is 77.6 Å². The van der Waals surface area contributed by atoms with Gasteiger partial charge in [0.15, 0.2) is 11.5 Å². The molecule has 2 heterocycles. The Hall–Kier alpha value is -3.28. The van der Waals surface area contributed by atoms with Gasteiger partial charge in [0.05, 0.1) is 17.9 Å². The van der Waals surface area contributed by atoms with Crippen LogP contribution in [0, 0.1) is 0 Å². The number of Topliss-reactive ketones (excluding diaryl/α,β-unsaturated/α-hetero) is 1. The van der Waals surface area contributed by atoms with Crippen LogP contribution < -0.4 is 9.47 Å². The first kappa shape index (κ1) is 19.7. The molecule has 6 heteroatoms. The highest BCUT2D eigenvalue weighted by Gasteiger charge is 2.50. The van der Waals surface area contributed by atoms with Crippen molar-refractivity contribution in [1.29, 1.82) is 0 Å². The number of esters is 1. The smallest absolute Gasteiger partial charge is 0.314 e. The summed E-state index contributed by atoms with van der Waals surface area (Å²) in [6.07, 6.45) is 2.09. The molecule has 160 valence electrons. The maximum Gasteiger partial charge on any atom is 0.314 e. The van der Waals surface area contributed by atoms with Gasteiger partial charge in [-0.25, -0.2) is 0 Å². The van der Waals surface area contributed by atoms with Crippen LogP contribution >= 0.6 is 0 Å². The van der Waals surface area contributed by atoms with E-state index in [9.17, 15) is 9.59 Å². The maximum absolute atomic E-state index is 13.3. The lowest BCUT2D eigenvalue weighted by molar-refractivity contribution is -0.144. The average molecular weight is 419 g/mol.